The summed E-state index contributed by atoms with van der Waals surface area (Å²) in [5.41, 5.74) is -0.641. The van der Waals surface area contributed by atoms with Crippen LogP contribution in [0.4, 0.5) is 10.5 Å². The normalized spacial score (nSPS) is 13.1. The molecular weight excluding hydrogens is 376 g/mol. The molecule has 1 unspecified atom stereocenters. The molecule has 0 aliphatic heterocycles. The molecule has 0 saturated carbocycles. The van der Waals surface area contributed by atoms with Crippen molar-refractivity contribution in [3.05, 3.63) is 29.8 Å². The van der Waals surface area contributed by atoms with E-state index in [9.17, 15) is 19.5 Å². The lowest BCUT2D eigenvalue weighted by Crippen LogP contribution is -2.55. The molecule has 8 heteroatoms. The Hall–Kier alpha value is -2.77. The minimum Gasteiger partial charge on any atom is -0.480 e. The zero-order chi connectivity index (χ0) is 22.1. The Bertz CT molecular complexity index is 713. The molecule has 0 fully saturated rings. The second-order valence-corrected chi connectivity index (χ2v) is 7.68. The number of carboxylic acid groups (broad SMARTS) is 1. The topological polar surface area (TPSA) is 114 Å². The molecule has 0 bridgehead atoms. The summed E-state index contributed by atoms with van der Waals surface area (Å²) in [6.45, 7) is 8.90. The van der Waals surface area contributed by atoms with E-state index in [-0.39, 0.29) is 25.4 Å². The van der Waals surface area contributed by atoms with Crippen molar-refractivity contribution in [1.82, 2.24) is 5.32 Å². The van der Waals surface area contributed by atoms with Gasteiger partial charge in [-0.25, -0.2) is 9.59 Å². The zero-order valence-corrected chi connectivity index (χ0v) is 17.8. The monoisotopic (exact) mass is 408 g/mol. The van der Waals surface area contributed by atoms with Crippen molar-refractivity contribution >= 4 is 23.7 Å². The molecule has 1 amide bonds. The first kappa shape index (κ1) is 24.3. The number of alkyl carbamates (subject to hydrolysis) is 1. The van der Waals surface area contributed by atoms with Crippen molar-refractivity contribution in [2.24, 2.45) is 0 Å². The SMILES string of the molecule is CCOC(=O)CNc1ccccc1CCC(CC)(NC(=O)OC(C)(C)C)C(=O)O. The summed E-state index contributed by atoms with van der Waals surface area (Å²) in [5.74, 6) is -1.50. The third-order valence-corrected chi connectivity index (χ3v) is 4.32. The Labute approximate surface area is 172 Å². The Morgan fingerprint density at radius 1 is 1.10 bits per heavy atom. The number of carbonyl (C=O) groups excluding carboxylic acids is 2. The standard InChI is InChI=1S/C21H32N2O6/c1-6-21(18(25)26,23-19(27)29-20(3,4)5)13-12-15-10-8-9-11-16(15)22-14-17(24)28-7-2/h8-11,22H,6-7,12-14H2,1-5H3,(H,23,27)(H,25,26). The van der Waals surface area contributed by atoms with Crippen molar-refractivity contribution in [3.8, 4) is 0 Å². The summed E-state index contributed by atoms with van der Waals surface area (Å²) < 4.78 is 10.1. The van der Waals surface area contributed by atoms with Gasteiger partial charge in [0.2, 0.25) is 0 Å². The lowest BCUT2D eigenvalue weighted by Gasteiger charge is -2.31. The first-order valence-electron chi connectivity index (χ1n) is 9.75. The number of rotatable bonds is 10. The van der Waals surface area contributed by atoms with Crippen LogP contribution in [-0.2, 0) is 25.5 Å². The molecule has 1 rings (SSSR count). The number of para-hydroxylation sites is 1. The van der Waals surface area contributed by atoms with Crippen molar-refractivity contribution in [2.75, 3.05) is 18.5 Å². The number of nitrogens with one attached hydrogen (secondary N) is 2. The second kappa shape index (κ2) is 10.7. The van der Waals surface area contributed by atoms with Gasteiger partial charge < -0.3 is 25.2 Å². The summed E-state index contributed by atoms with van der Waals surface area (Å²) in [5, 5.41) is 15.4. The molecule has 0 aromatic heterocycles. The van der Waals surface area contributed by atoms with Crippen molar-refractivity contribution in [2.45, 2.75) is 65.0 Å². The number of esters is 1. The number of aliphatic carboxylic acids is 1. The summed E-state index contributed by atoms with van der Waals surface area (Å²) in [6.07, 6.45) is -0.0338. The fourth-order valence-electron chi connectivity index (χ4n) is 2.78. The van der Waals surface area contributed by atoms with Crippen molar-refractivity contribution in [3.63, 3.8) is 0 Å². The number of amides is 1. The molecule has 0 saturated heterocycles. The van der Waals surface area contributed by atoms with Crippen LogP contribution >= 0.6 is 0 Å². The van der Waals surface area contributed by atoms with Crippen molar-refractivity contribution < 1.29 is 29.0 Å². The van der Waals surface area contributed by atoms with E-state index in [1.54, 1.807) is 34.6 Å². The van der Waals surface area contributed by atoms with E-state index >= 15 is 0 Å². The van der Waals surface area contributed by atoms with E-state index in [2.05, 4.69) is 10.6 Å². The van der Waals surface area contributed by atoms with Gasteiger partial charge in [-0.15, -0.1) is 0 Å². The van der Waals surface area contributed by atoms with Gasteiger partial charge in [-0.05, 0) is 58.6 Å². The molecule has 1 aromatic rings. The third kappa shape index (κ3) is 8.01. The van der Waals surface area contributed by atoms with Crippen LogP contribution in [-0.4, -0.2) is 47.4 Å². The molecule has 1 atom stereocenters. The molecule has 3 N–H and O–H groups in total. The van der Waals surface area contributed by atoms with Crippen LogP contribution in [0, 0.1) is 0 Å². The quantitative estimate of drug-likeness (QED) is 0.509. The predicted molar refractivity (Wildman–Crippen MR) is 110 cm³/mol. The van der Waals surface area contributed by atoms with Crippen LogP contribution in [0.2, 0.25) is 0 Å². The largest absolute Gasteiger partial charge is 0.480 e. The van der Waals surface area contributed by atoms with E-state index in [0.29, 0.717) is 18.7 Å². The minimum absolute atomic E-state index is 0.0128. The summed E-state index contributed by atoms with van der Waals surface area (Å²) in [7, 11) is 0. The van der Waals surface area contributed by atoms with Gasteiger partial charge in [0.25, 0.3) is 0 Å². The maximum atomic E-state index is 12.2. The van der Waals surface area contributed by atoms with Gasteiger partial charge in [-0.3, -0.25) is 4.79 Å². The Morgan fingerprint density at radius 3 is 2.31 bits per heavy atom. The maximum absolute atomic E-state index is 12.2. The number of hydrogen-bond donors (Lipinski definition) is 3. The highest BCUT2D eigenvalue weighted by Gasteiger charge is 2.39. The Morgan fingerprint density at radius 2 is 1.76 bits per heavy atom. The zero-order valence-electron chi connectivity index (χ0n) is 17.8. The number of aryl methyl sites for hydroxylation is 1. The highest BCUT2D eigenvalue weighted by Crippen LogP contribution is 2.24. The van der Waals surface area contributed by atoms with Crippen LogP contribution in [0.1, 0.15) is 53.0 Å². The number of anilines is 1. The van der Waals surface area contributed by atoms with Gasteiger partial charge in [0.05, 0.1) is 6.61 Å². The van der Waals surface area contributed by atoms with Crippen LogP contribution in [0.3, 0.4) is 0 Å². The number of hydrogen-bond acceptors (Lipinski definition) is 6. The average Bonchev–Trinajstić information content (AvgIpc) is 2.62. The first-order valence-corrected chi connectivity index (χ1v) is 9.75. The number of carboxylic acids is 1. The highest BCUT2D eigenvalue weighted by molar-refractivity contribution is 5.84. The van der Waals surface area contributed by atoms with E-state index in [4.69, 9.17) is 9.47 Å². The summed E-state index contributed by atoms with van der Waals surface area (Å²) in [4.78, 5) is 35.8. The first-order chi connectivity index (χ1) is 13.5. The lowest BCUT2D eigenvalue weighted by atomic mass is 9.88. The van der Waals surface area contributed by atoms with Gasteiger partial charge in [-0.1, -0.05) is 25.1 Å². The van der Waals surface area contributed by atoms with E-state index in [0.717, 1.165) is 5.56 Å². The predicted octanol–water partition coefficient (Wildman–Crippen LogP) is 3.35. The lowest BCUT2D eigenvalue weighted by molar-refractivity contribution is -0.145. The fourth-order valence-corrected chi connectivity index (χ4v) is 2.78. The highest BCUT2D eigenvalue weighted by atomic mass is 16.6. The number of carbonyl (C=O) groups is 3. The molecule has 162 valence electrons. The second-order valence-electron chi connectivity index (χ2n) is 7.68. The van der Waals surface area contributed by atoms with Gasteiger partial charge in [0.15, 0.2) is 0 Å². The molecule has 1 aromatic carbocycles. The molecular formula is C21H32N2O6. The Balaban J connectivity index is 2.91. The van der Waals surface area contributed by atoms with E-state index in [1.807, 2.05) is 24.3 Å². The van der Waals surface area contributed by atoms with Crippen LogP contribution in [0.15, 0.2) is 24.3 Å². The number of ether oxygens (including phenoxy) is 2. The van der Waals surface area contributed by atoms with Crippen LogP contribution in [0.25, 0.3) is 0 Å². The van der Waals surface area contributed by atoms with Crippen LogP contribution in [0.5, 0.6) is 0 Å². The molecule has 0 aliphatic rings. The molecule has 0 heterocycles. The summed E-state index contributed by atoms with van der Waals surface area (Å²) >= 11 is 0. The maximum Gasteiger partial charge on any atom is 0.408 e. The molecule has 0 aliphatic carbocycles. The molecule has 0 spiro atoms. The molecule has 0 radical (unpaired) electrons. The third-order valence-electron chi connectivity index (χ3n) is 4.32. The van der Waals surface area contributed by atoms with Gasteiger partial charge in [-0.2, -0.15) is 0 Å². The molecule has 8 nitrogen and oxygen atoms in total. The average molecular weight is 408 g/mol. The van der Waals surface area contributed by atoms with E-state index < -0.39 is 23.2 Å². The van der Waals surface area contributed by atoms with Crippen LogP contribution < -0.4 is 10.6 Å². The van der Waals surface area contributed by atoms with Gasteiger partial charge in [0.1, 0.15) is 17.7 Å². The molecule has 29 heavy (non-hydrogen) atoms. The fraction of sp³-hybridized carbons (Fsp3) is 0.571. The van der Waals surface area contributed by atoms with E-state index in [1.165, 1.54) is 0 Å². The number of benzene rings is 1. The Kier molecular flexibility index (Phi) is 8.94. The van der Waals surface area contributed by atoms with Gasteiger partial charge in [0, 0.05) is 5.69 Å². The summed E-state index contributed by atoms with van der Waals surface area (Å²) in [6, 6.07) is 7.31. The van der Waals surface area contributed by atoms with Crippen molar-refractivity contribution in [1.29, 1.82) is 0 Å². The smallest absolute Gasteiger partial charge is 0.408 e. The van der Waals surface area contributed by atoms with Gasteiger partial charge >= 0.3 is 18.0 Å². The minimum atomic E-state index is -1.46.